The Balaban J connectivity index is 2.60. The first-order valence-electron chi connectivity index (χ1n) is 4.37. The summed E-state index contributed by atoms with van der Waals surface area (Å²) in [6, 6.07) is 1.83. The van der Waals surface area contributed by atoms with Crippen LogP contribution < -0.4 is 5.32 Å². The molecule has 0 spiro atoms. The van der Waals surface area contributed by atoms with Gasteiger partial charge in [-0.1, -0.05) is 25.4 Å². The number of halogens is 1. The fourth-order valence-electron chi connectivity index (χ4n) is 0.942. The van der Waals surface area contributed by atoms with Crippen LogP contribution in [0.25, 0.3) is 0 Å². The van der Waals surface area contributed by atoms with Gasteiger partial charge < -0.3 is 0 Å². The molecule has 1 unspecified atom stereocenters. The highest BCUT2D eigenvalue weighted by molar-refractivity contribution is 7.15. The topological polar surface area (TPSA) is 48.7 Å². The number of hydrogen-bond donors (Lipinski definition) is 1. The minimum absolute atomic E-state index is 0.338. The molecule has 0 amide bonds. The first kappa shape index (κ1) is 11.4. The molecule has 1 N–H and O–H groups in total. The van der Waals surface area contributed by atoms with Crippen molar-refractivity contribution >= 4 is 22.9 Å². The lowest BCUT2D eigenvalue weighted by atomic mass is 10.2. The minimum Gasteiger partial charge on any atom is -0.296 e. The summed E-state index contributed by atoms with van der Waals surface area (Å²) < 4.78 is 0.617. The first-order chi connectivity index (χ1) is 6.63. The summed E-state index contributed by atoms with van der Waals surface area (Å²) in [6.07, 6.45) is 1.57. The molecule has 1 rings (SSSR count). The van der Waals surface area contributed by atoms with E-state index in [2.05, 4.69) is 30.2 Å². The zero-order chi connectivity index (χ0) is 10.6. The Morgan fingerprint density at radius 2 is 2.43 bits per heavy atom. The van der Waals surface area contributed by atoms with E-state index in [-0.39, 0.29) is 6.04 Å². The van der Waals surface area contributed by atoms with Crippen molar-refractivity contribution < 1.29 is 0 Å². The van der Waals surface area contributed by atoms with E-state index in [4.69, 9.17) is 16.9 Å². The average Bonchev–Trinajstić information content (AvgIpc) is 2.53. The molecule has 0 aliphatic rings. The molecule has 0 fully saturated rings. The zero-order valence-electron chi connectivity index (χ0n) is 8.12. The number of nitrogens with one attached hydrogen (secondary N) is 1. The highest BCUT2D eigenvalue weighted by Gasteiger charge is 2.13. The van der Waals surface area contributed by atoms with E-state index < -0.39 is 0 Å². The summed E-state index contributed by atoms with van der Waals surface area (Å²) >= 11 is 7.08. The number of rotatable bonds is 4. The van der Waals surface area contributed by atoms with Crippen molar-refractivity contribution in [2.75, 3.05) is 6.54 Å². The van der Waals surface area contributed by atoms with Gasteiger partial charge in [0.05, 0.1) is 12.3 Å². The van der Waals surface area contributed by atoms with Crippen LogP contribution in [0.5, 0.6) is 0 Å². The fraction of sp³-hybridized carbons (Fsp3) is 0.556. The predicted molar refractivity (Wildman–Crippen MR) is 58.3 cm³/mol. The molecular formula is C9H12ClN3S. The Bertz CT molecular complexity index is 329. The predicted octanol–water partition coefficient (Wildman–Crippen LogP) is 2.61. The van der Waals surface area contributed by atoms with Gasteiger partial charge in [0.1, 0.15) is 15.4 Å². The Morgan fingerprint density at radius 3 is 2.86 bits per heavy atom. The first-order valence-corrected chi connectivity index (χ1v) is 5.57. The van der Waals surface area contributed by atoms with Gasteiger partial charge in [-0.3, -0.25) is 5.32 Å². The molecule has 1 aromatic rings. The molecule has 0 saturated carbocycles. The van der Waals surface area contributed by atoms with Gasteiger partial charge in [-0.2, -0.15) is 5.26 Å². The van der Waals surface area contributed by atoms with E-state index in [1.54, 1.807) is 6.20 Å². The molecule has 14 heavy (non-hydrogen) atoms. The third-order valence-electron chi connectivity index (χ3n) is 1.60. The van der Waals surface area contributed by atoms with Gasteiger partial charge in [0.15, 0.2) is 0 Å². The lowest BCUT2D eigenvalue weighted by Crippen LogP contribution is -2.24. The van der Waals surface area contributed by atoms with Crippen molar-refractivity contribution in [2.24, 2.45) is 5.92 Å². The number of thiazole rings is 1. The van der Waals surface area contributed by atoms with Crippen LogP contribution in [0.4, 0.5) is 0 Å². The third-order valence-corrected chi connectivity index (χ3v) is 2.78. The van der Waals surface area contributed by atoms with Gasteiger partial charge in [-0.25, -0.2) is 4.98 Å². The second-order valence-corrected chi connectivity index (χ2v) is 5.06. The summed E-state index contributed by atoms with van der Waals surface area (Å²) in [6.45, 7) is 4.99. The lowest BCUT2D eigenvalue weighted by Gasteiger charge is -2.10. The normalized spacial score (nSPS) is 12.8. The van der Waals surface area contributed by atoms with Crippen molar-refractivity contribution in [3.63, 3.8) is 0 Å². The van der Waals surface area contributed by atoms with Gasteiger partial charge in [-0.15, -0.1) is 11.3 Å². The van der Waals surface area contributed by atoms with Crippen molar-refractivity contribution in [3.05, 3.63) is 15.5 Å². The molecule has 3 nitrogen and oxygen atoms in total. The summed E-state index contributed by atoms with van der Waals surface area (Å²) in [5.41, 5.74) is 0. The van der Waals surface area contributed by atoms with E-state index >= 15 is 0 Å². The highest BCUT2D eigenvalue weighted by atomic mass is 35.5. The van der Waals surface area contributed by atoms with Crippen LogP contribution in [0.3, 0.4) is 0 Å². The fourth-order valence-corrected chi connectivity index (χ4v) is 1.89. The maximum atomic E-state index is 8.91. The van der Waals surface area contributed by atoms with Gasteiger partial charge >= 0.3 is 0 Å². The maximum absolute atomic E-state index is 8.91. The van der Waals surface area contributed by atoms with Crippen LogP contribution in [0.1, 0.15) is 24.9 Å². The summed E-state index contributed by atoms with van der Waals surface area (Å²) in [5, 5.41) is 12.8. The maximum Gasteiger partial charge on any atom is 0.148 e. The smallest absolute Gasteiger partial charge is 0.148 e. The summed E-state index contributed by atoms with van der Waals surface area (Å²) in [4.78, 5) is 4.07. The van der Waals surface area contributed by atoms with E-state index in [9.17, 15) is 0 Å². The van der Waals surface area contributed by atoms with E-state index in [0.717, 1.165) is 11.6 Å². The zero-order valence-corrected chi connectivity index (χ0v) is 9.69. The molecule has 0 saturated heterocycles. The largest absolute Gasteiger partial charge is 0.296 e. The van der Waals surface area contributed by atoms with E-state index in [1.165, 1.54) is 11.3 Å². The second-order valence-electron chi connectivity index (χ2n) is 3.37. The van der Waals surface area contributed by atoms with Crippen LogP contribution in [-0.4, -0.2) is 11.5 Å². The van der Waals surface area contributed by atoms with Gasteiger partial charge in [0.25, 0.3) is 0 Å². The Morgan fingerprint density at radius 1 is 1.71 bits per heavy atom. The number of nitrogens with zero attached hydrogens (tertiary/aromatic N) is 2. The van der Waals surface area contributed by atoms with Gasteiger partial charge in [0, 0.05) is 0 Å². The number of nitriles is 1. The van der Waals surface area contributed by atoms with Gasteiger partial charge in [0.2, 0.25) is 0 Å². The molecule has 0 radical (unpaired) electrons. The van der Waals surface area contributed by atoms with E-state index in [0.29, 0.717) is 10.3 Å². The minimum atomic E-state index is -0.338. The standard InChI is InChI=1S/C9H12ClN3S/c1-6(2)4-12-7(3-11)9-13-5-8(10)14-9/h5-7,12H,4H2,1-2H3. The molecule has 5 heteroatoms. The highest BCUT2D eigenvalue weighted by Crippen LogP contribution is 2.23. The molecule has 76 valence electrons. The van der Waals surface area contributed by atoms with Crippen LogP contribution >= 0.6 is 22.9 Å². The van der Waals surface area contributed by atoms with Crippen LogP contribution in [0.15, 0.2) is 6.20 Å². The molecule has 1 atom stereocenters. The number of aromatic nitrogens is 1. The molecular weight excluding hydrogens is 218 g/mol. The van der Waals surface area contributed by atoms with Crippen LogP contribution in [0.2, 0.25) is 4.34 Å². The second kappa shape index (κ2) is 5.30. The van der Waals surface area contributed by atoms with Crippen molar-refractivity contribution in [1.82, 2.24) is 10.3 Å². The molecule has 1 aromatic heterocycles. The molecule has 1 heterocycles. The number of hydrogen-bond acceptors (Lipinski definition) is 4. The van der Waals surface area contributed by atoms with Crippen LogP contribution in [0, 0.1) is 17.2 Å². The lowest BCUT2D eigenvalue weighted by molar-refractivity contribution is 0.524. The molecule has 0 aliphatic carbocycles. The van der Waals surface area contributed by atoms with E-state index in [1.807, 2.05) is 0 Å². The Labute approximate surface area is 92.7 Å². The Kier molecular flexibility index (Phi) is 4.33. The SMILES string of the molecule is CC(C)CNC(C#N)c1ncc(Cl)s1. The van der Waals surface area contributed by atoms with Crippen LogP contribution in [-0.2, 0) is 0 Å². The van der Waals surface area contributed by atoms with Crippen molar-refractivity contribution in [1.29, 1.82) is 5.26 Å². The molecule has 0 bridgehead atoms. The summed E-state index contributed by atoms with van der Waals surface area (Å²) in [5.74, 6) is 0.515. The van der Waals surface area contributed by atoms with Crippen molar-refractivity contribution in [3.8, 4) is 6.07 Å². The monoisotopic (exact) mass is 229 g/mol. The molecule has 0 aromatic carbocycles. The van der Waals surface area contributed by atoms with Crippen molar-refractivity contribution in [2.45, 2.75) is 19.9 Å². The van der Waals surface area contributed by atoms with Gasteiger partial charge in [-0.05, 0) is 12.5 Å². The molecule has 0 aliphatic heterocycles. The third kappa shape index (κ3) is 3.26. The summed E-state index contributed by atoms with van der Waals surface area (Å²) in [7, 11) is 0. The average molecular weight is 230 g/mol. The Hall–Kier alpha value is -0.630. The quantitative estimate of drug-likeness (QED) is 0.864.